The molecule has 4 heterocycles. The van der Waals surface area contributed by atoms with Crippen LogP contribution in [0.4, 0.5) is 5.82 Å². The molecule has 0 spiro atoms. The van der Waals surface area contributed by atoms with Crippen molar-refractivity contribution in [2.45, 2.75) is 31.8 Å². The van der Waals surface area contributed by atoms with Crippen LogP contribution in [0.1, 0.15) is 24.0 Å². The molecule has 1 saturated heterocycles. The van der Waals surface area contributed by atoms with Crippen molar-refractivity contribution in [2.75, 3.05) is 38.8 Å². The van der Waals surface area contributed by atoms with E-state index in [4.69, 9.17) is 9.47 Å². The first kappa shape index (κ1) is 18.2. The number of hydrogen-bond donors (Lipinski definition) is 1. The number of rotatable bonds is 4. The molecular formula is C21H26N6O2. The third-order valence-corrected chi connectivity index (χ3v) is 6.16. The highest BCUT2D eigenvalue weighted by molar-refractivity contribution is 5.82. The van der Waals surface area contributed by atoms with Gasteiger partial charge in [-0.1, -0.05) is 0 Å². The van der Waals surface area contributed by atoms with Crippen molar-refractivity contribution >= 4 is 17.0 Å². The van der Waals surface area contributed by atoms with Crippen LogP contribution in [0.2, 0.25) is 0 Å². The van der Waals surface area contributed by atoms with Crippen LogP contribution >= 0.6 is 0 Å². The molecule has 0 aliphatic carbocycles. The third kappa shape index (κ3) is 3.27. The van der Waals surface area contributed by atoms with Crippen molar-refractivity contribution in [3.8, 4) is 11.5 Å². The summed E-state index contributed by atoms with van der Waals surface area (Å²) in [5.74, 6) is 2.58. The van der Waals surface area contributed by atoms with Crippen LogP contribution in [0.25, 0.3) is 11.2 Å². The number of nitrogens with zero attached hydrogens (tertiary/aromatic N) is 5. The van der Waals surface area contributed by atoms with Crippen molar-refractivity contribution in [1.29, 1.82) is 0 Å². The van der Waals surface area contributed by atoms with Gasteiger partial charge in [0.15, 0.2) is 23.0 Å². The molecular weight excluding hydrogens is 368 g/mol. The molecule has 2 aliphatic heterocycles. The van der Waals surface area contributed by atoms with E-state index in [1.165, 1.54) is 17.5 Å². The Labute approximate surface area is 169 Å². The zero-order valence-corrected chi connectivity index (χ0v) is 16.9. The van der Waals surface area contributed by atoms with Gasteiger partial charge in [-0.2, -0.15) is 0 Å². The molecule has 1 aromatic carbocycles. The molecule has 1 N–H and O–H groups in total. The number of benzene rings is 1. The molecule has 2 aromatic heterocycles. The maximum absolute atomic E-state index is 5.52. The predicted octanol–water partition coefficient (Wildman–Crippen LogP) is 2.40. The third-order valence-electron chi connectivity index (χ3n) is 6.16. The van der Waals surface area contributed by atoms with E-state index in [9.17, 15) is 0 Å². The minimum absolute atomic E-state index is 0.498. The number of hydrogen-bond acceptors (Lipinski definition) is 7. The van der Waals surface area contributed by atoms with Crippen LogP contribution in [0.3, 0.4) is 0 Å². The van der Waals surface area contributed by atoms with E-state index in [1.54, 1.807) is 26.9 Å². The lowest BCUT2D eigenvalue weighted by Crippen LogP contribution is -2.49. The van der Waals surface area contributed by atoms with Gasteiger partial charge in [-0.05, 0) is 42.5 Å². The van der Waals surface area contributed by atoms with Gasteiger partial charge >= 0.3 is 0 Å². The molecule has 0 bridgehead atoms. The Bertz CT molecular complexity index is 1020. The lowest BCUT2D eigenvalue weighted by atomic mass is 9.95. The van der Waals surface area contributed by atoms with Crippen LogP contribution in [-0.4, -0.2) is 64.7 Å². The fourth-order valence-electron chi connectivity index (χ4n) is 4.65. The Morgan fingerprint density at radius 2 is 1.86 bits per heavy atom. The maximum atomic E-state index is 5.52. The summed E-state index contributed by atoms with van der Waals surface area (Å²) in [5.41, 5.74) is 4.35. The lowest BCUT2D eigenvalue weighted by molar-refractivity contribution is 0.159. The summed E-state index contributed by atoms with van der Waals surface area (Å²) >= 11 is 0. The van der Waals surface area contributed by atoms with Crippen LogP contribution < -0.4 is 14.4 Å². The van der Waals surface area contributed by atoms with E-state index in [2.05, 4.69) is 41.9 Å². The number of fused-ring (bicyclic) bond motifs is 2. The fraction of sp³-hybridized carbons (Fsp3) is 0.476. The zero-order valence-electron chi connectivity index (χ0n) is 16.9. The topological polar surface area (TPSA) is 79.4 Å². The van der Waals surface area contributed by atoms with Gasteiger partial charge in [-0.3, -0.25) is 4.90 Å². The van der Waals surface area contributed by atoms with E-state index in [0.29, 0.717) is 6.04 Å². The Balaban J connectivity index is 1.36. The summed E-state index contributed by atoms with van der Waals surface area (Å²) in [6.07, 6.45) is 6.69. The Kier molecular flexibility index (Phi) is 4.71. The highest BCUT2D eigenvalue weighted by Gasteiger charge is 2.30. The predicted molar refractivity (Wildman–Crippen MR) is 111 cm³/mol. The van der Waals surface area contributed by atoms with Crippen LogP contribution in [0.5, 0.6) is 11.5 Å². The molecule has 1 unspecified atom stereocenters. The first-order chi connectivity index (χ1) is 14.3. The Morgan fingerprint density at radius 1 is 1.03 bits per heavy atom. The van der Waals surface area contributed by atoms with E-state index in [-0.39, 0.29) is 0 Å². The molecule has 1 atom stereocenters. The molecule has 152 valence electrons. The lowest BCUT2D eigenvalue weighted by Gasteiger charge is -2.42. The van der Waals surface area contributed by atoms with Crippen molar-refractivity contribution < 1.29 is 9.47 Å². The van der Waals surface area contributed by atoms with Gasteiger partial charge < -0.3 is 19.4 Å². The second-order valence-electron chi connectivity index (χ2n) is 7.74. The number of aromatic amines is 1. The minimum atomic E-state index is 0.498. The monoisotopic (exact) mass is 394 g/mol. The first-order valence-electron chi connectivity index (χ1n) is 10.1. The Morgan fingerprint density at radius 3 is 2.69 bits per heavy atom. The summed E-state index contributed by atoms with van der Waals surface area (Å²) < 4.78 is 11.0. The first-order valence-corrected chi connectivity index (χ1v) is 10.1. The number of methoxy groups -OCH3 is 2. The molecule has 29 heavy (non-hydrogen) atoms. The van der Waals surface area contributed by atoms with E-state index < -0.39 is 0 Å². The molecule has 2 aliphatic rings. The number of piperidine rings is 1. The number of ether oxygens (including phenoxy) is 2. The van der Waals surface area contributed by atoms with Gasteiger partial charge in [0.2, 0.25) is 0 Å². The average molecular weight is 394 g/mol. The number of anilines is 1. The van der Waals surface area contributed by atoms with E-state index in [1.807, 2.05) is 0 Å². The van der Waals surface area contributed by atoms with Gasteiger partial charge in [0, 0.05) is 32.2 Å². The summed E-state index contributed by atoms with van der Waals surface area (Å²) in [5, 5.41) is 0. The second-order valence-corrected chi connectivity index (χ2v) is 7.74. The van der Waals surface area contributed by atoms with E-state index >= 15 is 0 Å². The van der Waals surface area contributed by atoms with Gasteiger partial charge in [0.1, 0.15) is 11.8 Å². The van der Waals surface area contributed by atoms with Crippen molar-refractivity contribution in [2.24, 2.45) is 0 Å². The van der Waals surface area contributed by atoms with Crippen LogP contribution in [-0.2, 0) is 13.0 Å². The molecule has 1 fully saturated rings. The Hall–Kier alpha value is -2.87. The normalized spacial score (nSPS) is 19.9. The molecule has 8 heteroatoms. The largest absolute Gasteiger partial charge is 0.493 e. The number of H-pyrrole nitrogens is 1. The van der Waals surface area contributed by atoms with Gasteiger partial charge in [0.25, 0.3) is 0 Å². The van der Waals surface area contributed by atoms with Gasteiger partial charge in [-0.15, -0.1) is 0 Å². The summed E-state index contributed by atoms with van der Waals surface area (Å²) in [6, 6.07) is 4.77. The summed E-state index contributed by atoms with van der Waals surface area (Å²) in [4.78, 5) is 21.3. The highest BCUT2D eigenvalue weighted by Crippen LogP contribution is 2.34. The molecule has 0 radical (unpaired) electrons. The summed E-state index contributed by atoms with van der Waals surface area (Å²) in [7, 11) is 3.39. The SMILES string of the molecule is COc1cc2c(cc1OC)CN(C1CCCN(c3ncnc4nc[nH]c34)C1)CC2. The highest BCUT2D eigenvalue weighted by atomic mass is 16.5. The fourth-order valence-corrected chi connectivity index (χ4v) is 4.65. The van der Waals surface area contributed by atoms with Crippen LogP contribution in [0.15, 0.2) is 24.8 Å². The number of imidazole rings is 1. The van der Waals surface area contributed by atoms with Crippen molar-refractivity contribution in [3.05, 3.63) is 35.9 Å². The number of nitrogens with one attached hydrogen (secondary N) is 1. The van der Waals surface area contributed by atoms with Crippen molar-refractivity contribution in [3.63, 3.8) is 0 Å². The molecule has 5 rings (SSSR count). The standard InChI is InChI=1S/C21H26N6O2/c1-28-17-8-14-5-7-26(10-15(14)9-18(17)29-2)16-4-3-6-27(11-16)21-19-20(23-12-22-19)24-13-25-21/h8-9,12-13,16H,3-7,10-11H2,1-2H3,(H,22,23,24,25). The zero-order chi connectivity index (χ0) is 19.8. The average Bonchev–Trinajstić information content (AvgIpc) is 3.27. The molecule has 0 saturated carbocycles. The van der Waals surface area contributed by atoms with Gasteiger partial charge in [0.05, 0.1) is 20.5 Å². The van der Waals surface area contributed by atoms with Gasteiger partial charge in [-0.25, -0.2) is 15.0 Å². The smallest absolute Gasteiger partial charge is 0.182 e. The second kappa shape index (κ2) is 7.51. The minimum Gasteiger partial charge on any atom is -0.493 e. The molecule has 8 nitrogen and oxygen atoms in total. The van der Waals surface area contributed by atoms with E-state index in [0.717, 1.165) is 67.5 Å². The van der Waals surface area contributed by atoms with Crippen molar-refractivity contribution in [1.82, 2.24) is 24.8 Å². The summed E-state index contributed by atoms with van der Waals surface area (Å²) in [6.45, 7) is 3.98. The molecule has 0 amide bonds. The van der Waals surface area contributed by atoms with Crippen LogP contribution in [0, 0.1) is 0 Å². The maximum Gasteiger partial charge on any atom is 0.182 e. The molecule has 3 aromatic rings. The quantitative estimate of drug-likeness (QED) is 0.728. The number of aromatic nitrogens is 4.